The maximum Gasteiger partial charge on any atom is 0.410 e. The van der Waals surface area contributed by atoms with Crippen LogP contribution < -0.4 is 5.32 Å². The first-order chi connectivity index (χ1) is 9.65. The van der Waals surface area contributed by atoms with Gasteiger partial charge in [0.05, 0.1) is 0 Å². The summed E-state index contributed by atoms with van der Waals surface area (Å²) < 4.78 is 5.39. The van der Waals surface area contributed by atoms with E-state index in [-0.39, 0.29) is 6.09 Å². The van der Waals surface area contributed by atoms with Crippen LogP contribution in [0.2, 0.25) is 0 Å². The van der Waals surface area contributed by atoms with Crippen LogP contribution in [0.5, 0.6) is 0 Å². The summed E-state index contributed by atoms with van der Waals surface area (Å²) in [6.07, 6.45) is 6.30. The Bertz CT molecular complexity index is 367. The number of ether oxygens (including phenoxy) is 1. The summed E-state index contributed by atoms with van der Waals surface area (Å²) in [6, 6.07) is 1.07. The van der Waals surface area contributed by atoms with Gasteiger partial charge in [0, 0.05) is 25.2 Å². The number of carbonyl (C=O) groups excluding carboxylic acids is 1. The molecule has 4 heteroatoms. The smallest absolute Gasteiger partial charge is 0.410 e. The van der Waals surface area contributed by atoms with E-state index in [0.717, 1.165) is 13.1 Å². The van der Waals surface area contributed by atoms with Gasteiger partial charge < -0.3 is 15.0 Å². The van der Waals surface area contributed by atoms with Crippen LogP contribution in [-0.4, -0.2) is 41.8 Å². The van der Waals surface area contributed by atoms with Gasteiger partial charge in [0.2, 0.25) is 0 Å². The van der Waals surface area contributed by atoms with E-state index in [2.05, 4.69) is 19.2 Å². The molecule has 0 bridgehead atoms. The second kappa shape index (κ2) is 6.15. The minimum Gasteiger partial charge on any atom is -0.444 e. The first-order valence-electron chi connectivity index (χ1n) is 8.39. The lowest BCUT2D eigenvalue weighted by Gasteiger charge is -2.41. The lowest BCUT2D eigenvalue weighted by atomic mass is 9.85. The molecule has 1 unspecified atom stereocenters. The predicted octanol–water partition coefficient (Wildman–Crippen LogP) is 3.55. The van der Waals surface area contributed by atoms with Crippen molar-refractivity contribution in [3.63, 3.8) is 0 Å². The quantitative estimate of drug-likeness (QED) is 0.792. The summed E-state index contributed by atoms with van der Waals surface area (Å²) in [5, 5.41) is 3.73. The highest BCUT2D eigenvalue weighted by Crippen LogP contribution is 2.34. The topological polar surface area (TPSA) is 41.6 Å². The maximum atomic E-state index is 11.9. The zero-order chi connectivity index (χ0) is 15.7. The number of hydrogen-bond acceptors (Lipinski definition) is 3. The lowest BCUT2D eigenvalue weighted by molar-refractivity contribution is 0.00394. The van der Waals surface area contributed by atoms with Crippen molar-refractivity contribution in [2.45, 2.75) is 84.4 Å². The van der Waals surface area contributed by atoms with Crippen LogP contribution in [0.25, 0.3) is 0 Å². The third-order valence-electron chi connectivity index (χ3n) is 4.58. The number of hydrogen-bond donors (Lipinski definition) is 1. The Kier molecular flexibility index (Phi) is 4.86. The number of carbonyl (C=O) groups is 1. The minimum absolute atomic E-state index is 0.178. The van der Waals surface area contributed by atoms with E-state index >= 15 is 0 Å². The molecule has 1 amide bonds. The Hall–Kier alpha value is -0.770. The fourth-order valence-electron chi connectivity index (χ4n) is 3.22. The molecule has 1 aliphatic carbocycles. The third-order valence-corrected chi connectivity index (χ3v) is 4.58. The zero-order valence-corrected chi connectivity index (χ0v) is 14.4. The molecule has 4 nitrogen and oxygen atoms in total. The molecule has 1 aliphatic heterocycles. The van der Waals surface area contributed by atoms with Gasteiger partial charge in [-0.1, -0.05) is 20.3 Å². The number of amides is 1. The SMILES string of the molecule is CC1(C)CCCC(NC2CN(C(=O)OC(C)(C)C)C2)CC1. The standard InChI is InChI=1S/C17H32N2O2/c1-16(2,3)21-15(20)19-11-14(12-19)18-13-7-6-9-17(4,5)10-8-13/h13-14,18H,6-12H2,1-5H3. The molecule has 2 rings (SSSR count). The van der Waals surface area contributed by atoms with Crippen molar-refractivity contribution in [1.29, 1.82) is 0 Å². The van der Waals surface area contributed by atoms with E-state index in [1.54, 1.807) is 4.90 Å². The van der Waals surface area contributed by atoms with Gasteiger partial charge in [-0.2, -0.15) is 0 Å². The van der Waals surface area contributed by atoms with Crippen molar-refractivity contribution in [2.75, 3.05) is 13.1 Å². The van der Waals surface area contributed by atoms with Crippen molar-refractivity contribution in [1.82, 2.24) is 10.2 Å². The molecule has 0 aromatic carbocycles. The molecule has 1 heterocycles. The molecule has 1 saturated carbocycles. The highest BCUT2D eigenvalue weighted by Gasteiger charge is 2.35. The third kappa shape index (κ3) is 5.17. The largest absolute Gasteiger partial charge is 0.444 e. The van der Waals surface area contributed by atoms with Crippen LogP contribution in [0.15, 0.2) is 0 Å². The molecular weight excluding hydrogens is 264 g/mol. The second-order valence-electron chi connectivity index (χ2n) is 8.54. The van der Waals surface area contributed by atoms with Crippen molar-refractivity contribution < 1.29 is 9.53 Å². The molecule has 1 atom stereocenters. The highest BCUT2D eigenvalue weighted by molar-refractivity contribution is 5.69. The summed E-state index contributed by atoms with van der Waals surface area (Å²) in [5.74, 6) is 0. The summed E-state index contributed by atoms with van der Waals surface area (Å²) >= 11 is 0. The molecule has 2 aliphatic rings. The fourth-order valence-corrected chi connectivity index (χ4v) is 3.22. The van der Waals surface area contributed by atoms with Crippen LogP contribution in [-0.2, 0) is 4.74 Å². The average Bonchev–Trinajstić information content (AvgIpc) is 2.42. The van der Waals surface area contributed by atoms with Gasteiger partial charge >= 0.3 is 6.09 Å². The van der Waals surface area contributed by atoms with E-state index in [1.165, 1.54) is 32.1 Å². The summed E-state index contributed by atoms with van der Waals surface area (Å²) in [7, 11) is 0. The number of nitrogens with one attached hydrogen (secondary N) is 1. The molecule has 122 valence electrons. The number of nitrogens with zero attached hydrogens (tertiary/aromatic N) is 1. The Morgan fingerprint density at radius 1 is 1.14 bits per heavy atom. The average molecular weight is 296 g/mol. The van der Waals surface area contributed by atoms with E-state index in [9.17, 15) is 4.79 Å². The zero-order valence-electron chi connectivity index (χ0n) is 14.4. The molecular formula is C17H32N2O2. The van der Waals surface area contributed by atoms with Crippen molar-refractivity contribution in [2.24, 2.45) is 5.41 Å². The molecule has 21 heavy (non-hydrogen) atoms. The Morgan fingerprint density at radius 3 is 2.43 bits per heavy atom. The van der Waals surface area contributed by atoms with Gasteiger partial charge in [-0.05, 0) is 51.9 Å². The van der Waals surface area contributed by atoms with Gasteiger partial charge in [0.25, 0.3) is 0 Å². The molecule has 0 aromatic rings. The van der Waals surface area contributed by atoms with Crippen molar-refractivity contribution >= 4 is 6.09 Å². The van der Waals surface area contributed by atoms with Gasteiger partial charge in [-0.25, -0.2) is 4.79 Å². The fraction of sp³-hybridized carbons (Fsp3) is 0.941. The van der Waals surface area contributed by atoms with Crippen molar-refractivity contribution in [3.8, 4) is 0 Å². The van der Waals surface area contributed by atoms with Crippen LogP contribution in [0.3, 0.4) is 0 Å². The number of rotatable bonds is 2. The molecule has 0 spiro atoms. The summed E-state index contributed by atoms with van der Waals surface area (Å²) in [6.45, 7) is 12.1. The van der Waals surface area contributed by atoms with Crippen molar-refractivity contribution in [3.05, 3.63) is 0 Å². The molecule has 1 N–H and O–H groups in total. The van der Waals surface area contributed by atoms with Gasteiger partial charge in [0.1, 0.15) is 5.60 Å². The molecule has 0 radical (unpaired) electrons. The summed E-state index contributed by atoms with van der Waals surface area (Å²) in [5.41, 5.74) is 0.0983. The minimum atomic E-state index is -0.400. The first-order valence-corrected chi connectivity index (χ1v) is 8.39. The van der Waals surface area contributed by atoms with Crippen LogP contribution >= 0.6 is 0 Å². The molecule has 2 fully saturated rings. The normalized spacial score (nSPS) is 26.9. The predicted molar refractivity (Wildman–Crippen MR) is 85.4 cm³/mol. The first kappa shape index (κ1) is 16.6. The monoisotopic (exact) mass is 296 g/mol. The molecule has 1 saturated heterocycles. The van der Waals surface area contributed by atoms with E-state index in [1.807, 2.05) is 20.8 Å². The Balaban J connectivity index is 1.70. The second-order valence-corrected chi connectivity index (χ2v) is 8.54. The summed E-state index contributed by atoms with van der Waals surface area (Å²) in [4.78, 5) is 13.7. The highest BCUT2D eigenvalue weighted by atomic mass is 16.6. The van der Waals surface area contributed by atoms with E-state index < -0.39 is 5.60 Å². The lowest BCUT2D eigenvalue weighted by Crippen LogP contribution is -2.62. The molecule has 0 aromatic heterocycles. The van der Waals surface area contributed by atoms with Gasteiger partial charge in [0.15, 0.2) is 0 Å². The van der Waals surface area contributed by atoms with Crippen LogP contribution in [0.1, 0.15) is 66.7 Å². The van der Waals surface area contributed by atoms with E-state index in [0.29, 0.717) is 17.5 Å². The number of likely N-dealkylation sites (tertiary alicyclic amines) is 1. The van der Waals surface area contributed by atoms with E-state index in [4.69, 9.17) is 4.74 Å². The van der Waals surface area contributed by atoms with Crippen LogP contribution in [0, 0.1) is 5.41 Å². The van der Waals surface area contributed by atoms with Crippen LogP contribution in [0.4, 0.5) is 4.79 Å². The maximum absolute atomic E-state index is 11.9. The van der Waals surface area contributed by atoms with Gasteiger partial charge in [-0.3, -0.25) is 0 Å². The Morgan fingerprint density at radius 2 is 1.81 bits per heavy atom. The Labute approximate surface area is 129 Å². The van der Waals surface area contributed by atoms with Gasteiger partial charge in [-0.15, -0.1) is 0 Å².